The van der Waals surface area contributed by atoms with E-state index in [9.17, 15) is 0 Å². The largest absolute Gasteiger partial charge is 0.494 e. The van der Waals surface area contributed by atoms with Gasteiger partial charge in [0.25, 0.3) is 0 Å². The molecule has 17 heavy (non-hydrogen) atoms. The fraction of sp³-hybridized carbons (Fsp3) is 0.600. The highest BCUT2D eigenvalue weighted by Gasteiger charge is 2.20. The minimum absolute atomic E-state index is 0.190. The molecular formula is C15H25NO. The number of rotatable bonds is 7. The highest BCUT2D eigenvalue weighted by molar-refractivity contribution is 5.33. The summed E-state index contributed by atoms with van der Waals surface area (Å²) in [5, 5.41) is 3.38. The first-order valence-electron chi connectivity index (χ1n) is 6.54. The Morgan fingerprint density at radius 3 is 2.65 bits per heavy atom. The fourth-order valence-corrected chi connectivity index (χ4v) is 1.90. The molecule has 0 heterocycles. The van der Waals surface area contributed by atoms with Gasteiger partial charge < -0.3 is 10.1 Å². The second kappa shape index (κ2) is 6.65. The van der Waals surface area contributed by atoms with Gasteiger partial charge in [-0.3, -0.25) is 0 Å². The minimum Gasteiger partial charge on any atom is -0.494 e. The maximum atomic E-state index is 5.55. The van der Waals surface area contributed by atoms with Crippen molar-refractivity contribution in [1.29, 1.82) is 0 Å². The summed E-state index contributed by atoms with van der Waals surface area (Å²) in [5.41, 5.74) is 1.54. The molecule has 1 N–H and O–H groups in total. The van der Waals surface area contributed by atoms with Gasteiger partial charge in [-0.1, -0.05) is 32.9 Å². The van der Waals surface area contributed by atoms with E-state index in [1.165, 1.54) is 5.56 Å². The maximum Gasteiger partial charge on any atom is 0.119 e. The van der Waals surface area contributed by atoms with Crippen LogP contribution in [0, 0.1) is 0 Å². The van der Waals surface area contributed by atoms with E-state index < -0.39 is 0 Å². The van der Waals surface area contributed by atoms with E-state index in [0.717, 1.165) is 31.9 Å². The summed E-state index contributed by atoms with van der Waals surface area (Å²) < 4.78 is 5.55. The molecule has 0 aliphatic heterocycles. The highest BCUT2D eigenvalue weighted by Crippen LogP contribution is 2.29. The molecule has 1 aromatic rings. The summed E-state index contributed by atoms with van der Waals surface area (Å²) >= 11 is 0. The van der Waals surface area contributed by atoms with E-state index in [0.29, 0.717) is 0 Å². The molecule has 0 aliphatic rings. The van der Waals surface area contributed by atoms with Gasteiger partial charge in [-0.15, -0.1) is 0 Å². The number of hydrogen-bond acceptors (Lipinski definition) is 2. The average Bonchev–Trinajstić information content (AvgIpc) is 2.30. The predicted molar refractivity (Wildman–Crippen MR) is 73.8 cm³/mol. The summed E-state index contributed by atoms with van der Waals surface area (Å²) in [7, 11) is 0. The Morgan fingerprint density at radius 2 is 2.00 bits per heavy atom. The van der Waals surface area contributed by atoms with Crippen LogP contribution in [0.2, 0.25) is 0 Å². The van der Waals surface area contributed by atoms with Crippen LogP contribution in [0.15, 0.2) is 24.3 Å². The molecule has 2 heteroatoms. The second-order valence-corrected chi connectivity index (χ2v) is 4.95. The van der Waals surface area contributed by atoms with Gasteiger partial charge in [0.2, 0.25) is 0 Å². The molecule has 0 bridgehead atoms. The van der Waals surface area contributed by atoms with Crippen molar-refractivity contribution in [2.45, 2.75) is 39.5 Å². The van der Waals surface area contributed by atoms with Gasteiger partial charge in [-0.05, 0) is 49.5 Å². The lowest BCUT2D eigenvalue weighted by molar-refractivity contribution is 0.338. The number of benzene rings is 1. The van der Waals surface area contributed by atoms with Crippen molar-refractivity contribution >= 4 is 0 Å². The molecule has 96 valence electrons. The molecule has 0 aromatic heterocycles. The Labute approximate surface area is 105 Å². The maximum absolute atomic E-state index is 5.55. The van der Waals surface area contributed by atoms with Crippen molar-refractivity contribution in [3.05, 3.63) is 29.8 Å². The number of nitrogens with one attached hydrogen (secondary N) is 1. The van der Waals surface area contributed by atoms with Gasteiger partial charge in [0, 0.05) is 0 Å². The lowest BCUT2D eigenvalue weighted by Gasteiger charge is -2.26. The Kier molecular flexibility index (Phi) is 5.49. The lowest BCUT2D eigenvalue weighted by Crippen LogP contribution is -2.25. The van der Waals surface area contributed by atoms with Gasteiger partial charge in [0.15, 0.2) is 0 Å². The van der Waals surface area contributed by atoms with E-state index in [1.54, 1.807) is 0 Å². The number of hydrogen-bond donors (Lipinski definition) is 1. The zero-order valence-electron chi connectivity index (χ0n) is 11.5. The molecule has 0 aliphatic carbocycles. The van der Waals surface area contributed by atoms with Crippen molar-refractivity contribution in [1.82, 2.24) is 5.32 Å². The van der Waals surface area contributed by atoms with E-state index in [2.05, 4.69) is 44.3 Å². The predicted octanol–water partition coefficient (Wildman–Crippen LogP) is 3.36. The van der Waals surface area contributed by atoms with E-state index >= 15 is 0 Å². The molecule has 0 saturated heterocycles. The normalized spacial score (nSPS) is 11.5. The molecule has 0 fully saturated rings. The van der Waals surface area contributed by atoms with E-state index in [4.69, 9.17) is 4.74 Å². The molecule has 0 atom stereocenters. The van der Waals surface area contributed by atoms with Crippen molar-refractivity contribution in [2.75, 3.05) is 19.7 Å². The van der Waals surface area contributed by atoms with Crippen LogP contribution in [0.25, 0.3) is 0 Å². The molecule has 0 unspecified atom stereocenters. The summed E-state index contributed by atoms with van der Waals surface area (Å²) in [6.45, 7) is 11.6. The minimum atomic E-state index is 0.190. The Balaban J connectivity index is 2.71. The summed E-state index contributed by atoms with van der Waals surface area (Å²) in [5.74, 6) is 0.974. The van der Waals surface area contributed by atoms with Crippen LogP contribution in [0.3, 0.4) is 0 Å². The van der Waals surface area contributed by atoms with E-state index in [1.807, 2.05) is 13.0 Å². The zero-order chi connectivity index (χ0) is 12.7. The summed E-state index contributed by atoms with van der Waals surface area (Å²) in [6.07, 6.45) is 1.14. The van der Waals surface area contributed by atoms with Gasteiger partial charge in [0.1, 0.15) is 5.75 Å². The van der Waals surface area contributed by atoms with Crippen LogP contribution in [0.5, 0.6) is 5.75 Å². The average molecular weight is 235 g/mol. The molecule has 1 rings (SSSR count). The van der Waals surface area contributed by atoms with Crippen LogP contribution >= 0.6 is 0 Å². The third-order valence-electron chi connectivity index (χ3n) is 3.10. The van der Waals surface area contributed by atoms with Crippen LogP contribution < -0.4 is 10.1 Å². The van der Waals surface area contributed by atoms with Crippen molar-refractivity contribution in [3.63, 3.8) is 0 Å². The van der Waals surface area contributed by atoms with Gasteiger partial charge in [-0.25, -0.2) is 0 Å². The zero-order valence-corrected chi connectivity index (χ0v) is 11.5. The van der Waals surface area contributed by atoms with Gasteiger partial charge in [-0.2, -0.15) is 0 Å². The quantitative estimate of drug-likeness (QED) is 0.732. The third kappa shape index (κ3) is 4.39. The smallest absolute Gasteiger partial charge is 0.119 e. The van der Waals surface area contributed by atoms with Crippen LogP contribution in [-0.4, -0.2) is 19.7 Å². The van der Waals surface area contributed by atoms with Crippen molar-refractivity contribution in [3.8, 4) is 5.75 Å². The Morgan fingerprint density at radius 1 is 1.24 bits per heavy atom. The first-order chi connectivity index (χ1) is 8.10. The summed E-state index contributed by atoms with van der Waals surface area (Å²) in [4.78, 5) is 0. The van der Waals surface area contributed by atoms with Crippen LogP contribution in [-0.2, 0) is 5.41 Å². The van der Waals surface area contributed by atoms with Crippen molar-refractivity contribution < 1.29 is 4.74 Å². The first kappa shape index (κ1) is 14.0. The molecule has 0 spiro atoms. The third-order valence-corrected chi connectivity index (χ3v) is 3.10. The highest BCUT2D eigenvalue weighted by atomic mass is 16.5. The standard InChI is InChI=1S/C15H25NO/c1-5-16-11-10-15(3,4)13-8-7-9-14(12-13)17-6-2/h7-9,12,16H,5-6,10-11H2,1-4H3. The summed E-state index contributed by atoms with van der Waals surface area (Å²) in [6, 6.07) is 8.45. The molecule has 0 radical (unpaired) electrons. The van der Waals surface area contributed by atoms with Crippen molar-refractivity contribution in [2.24, 2.45) is 0 Å². The molecule has 2 nitrogen and oxygen atoms in total. The molecule has 0 saturated carbocycles. The topological polar surface area (TPSA) is 21.3 Å². The fourth-order valence-electron chi connectivity index (χ4n) is 1.90. The molecule has 0 amide bonds. The Hall–Kier alpha value is -1.02. The van der Waals surface area contributed by atoms with E-state index in [-0.39, 0.29) is 5.41 Å². The molecule has 1 aromatic carbocycles. The van der Waals surface area contributed by atoms with Gasteiger partial charge in [0.05, 0.1) is 6.61 Å². The number of ether oxygens (including phenoxy) is 1. The monoisotopic (exact) mass is 235 g/mol. The second-order valence-electron chi connectivity index (χ2n) is 4.95. The SMILES string of the molecule is CCNCCC(C)(C)c1cccc(OCC)c1. The van der Waals surface area contributed by atoms with Crippen LogP contribution in [0.4, 0.5) is 0 Å². The first-order valence-corrected chi connectivity index (χ1v) is 6.54. The molecular weight excluding hydrogens is 210 g/mol. The van der Waals surface area contributed by atoms with Crippen LogP contribution in [0.1, 0.15) is 39.7 Å². The lowest BCUT2D eigenvalue weighted by atomic mass is 9.81. The van der Waals surface area contributed by atoms with Gasteiger partial charge >= 0.3 is 0 Å². The Bertz CT molecular complexity index is 333.